The second-order valence-electron chi connectivity index (χ2n) is 21.5. The molecule has 12 bridgehead atoms. The van der Waals surface area contributed by atoms with E-state index in [2.05, 4.69) is 75.9 Å². The lowest BCUT2D eigenvalue weighted by atomic mass is 9.51. The van der Waals surface area contributed by atoms with Crippen molar-refractivity contribution in [3.05, 3.63) is 34.9 Å². The van der Waals surface area contributed by atoms with Crippen LogP contribution in [0.3, 0.4) is 0 Å². The Labute approximate surface area is 295 Å². The molecule has 5 heteroatoms. The Hall–Kier alpha value is -0.0400. The van der Waals surface area contributed by atoms with E-state index >= 15 is 0 Å². The minimum Gasteiger partial charge on any atom is -0.343 e. The van der Waals surface area contributed by atoms with Gasteiger partial charge in [0.25, 0.3) is 0 Å². The molecule has 0 radical (unpaired) electrons. The minimum atomic E-state index is -0.603. The quantitative estimate of drug-likeness (QED) is 0.278. The highest BCUT2D eigenvalue weighted by atomic mass is 31.1. The fraction of sp³-hybridized carbons (Fsp3) is 0.860. The highest BCUT2D eigenvalue weighted by Crippen LogP contribution is 2.80. The summed E-state index contributed by atoms with van der Waals surface area (Å²) in [4.78, 5) is 0. The van der Waals surface area contributed by atoms with Crippen LogP contribution in [0.15, 0.2) is 18.2 Å². The second kappa shape index (κ2) is 9.93. The molecule has 5 atom stereocenters. The van der Waals surface area contributed by atoms with Crippen molar-refractivity contribution in [3.63, 3.8) is 0 Å². The predicted molar refractivity (Wildman–Crippen MR) is 200 cm³/mol. The summed E-state index contributed by atoms with van der Waals surface area (Å²) in [5, 5.41) is 1.22. The fourth-order valence-electron chi connectivity index (χ4n) is 16.4. The van der Waals surface area contributed by atoms with Crippen LogP contribution in [-0.2, 0) is 31.2 Å². The average molecular weight is 691 g/mol. The highest BCUT2D eigenvalue weighted by molar-refractivity contribution is 7.60. The van der Waals surface area contributed by atoms with Crippen LogP contribution in [0.1, 0.15) is 155 Å². The van der Waals surface area contributed by atoms with Crippen molar-refractivity contribution in [2.45, 2.75) is 188 Å². The molecule has 1 aromatic rings. The van der Waals surface area contributed by atoms with E-state index in [0.717, 1.165) is 54.5 Å². The highest BCUT2D eigenvalue weighted by Gasteiger charge is 2.78. The maximum atomic E-state index is 7.24. The Kier molecular flexibility index (Phi) is 6.74. The molecule has 8 saturated carbocycles. The van der Waals surface area contributed by atoms with Crippen LogP contribution < -0.4 is 0 Å². The molecule has 48 heavy (non-hydrogen) atoms. The van der Waals surface area contributed by atoms with Crippen molar-refractivity contribution in [1.82, 2.24) is 0 Å². The number of ether oxygens (including phenoxy) is 3. The zero-order valence-electron chi connectivity index (χ0n) is 31.3. The van der Waals surface area contributed by atoms with Gasteiger partial charge in [-0.3, -0.25) is 0 Å². The van der Waals surface area contributed by atoms with Gasteiger partial charge in [-0.05, 0) is 185 Å². The van der Waals surface area contributed by atoms with Gasteiger partial charge in [-0.15, -0.1) is 9.24 Å². The van der Waals surface area contributed by atoms with E-state index in [4.69, 9.17) is 14.2 Å². The van der Waals surface area contributed by atoms with Crippen molar-refractivity contribution in [2.24, 2.45) is 35.5 Å². The molecular formula is C43H64O3P2. The molecule has 264 valence electrons. The van der Waals surface area contributed by atoms with E-state index in [-0.39, 0.29) is 30.0 Å². The lowest BCUT2D eigenvalue weighted by Gasteiger charge is -2.74. The second-order valence-corrected chi connectivity index (χ2v) is 25.0. The summed E-state index contributed by atoms with van der Waals surface area (Å²) >= 11 is 0. The van der Waals surface area contributed by atoms with E-state index in [1.54, 1.807) is 88.2 Å². The summed E-state index contributed by atoms with van der Waals surface area (Å²) in [6.45, 7) is 16.5. The molecule has 0 amide bonds. The molecule has 1 aromatic carbocycles. The van der Waals surface area contributed by atoms with Gasteiger partial charge in [-0.25, -0.2) is 0 Å². The molecular weight excluding hydrogens is 626 g/mol. The van der Waals surface area contributed by atoms with Gasteiger partial charge in [0.1, 0.15) is 0 Å². The molecule has 8 aliphatic carbocycles. The first-order chi connectivity index (χ1) is 22.5. The summed E-state index contributed by atoms with van der Waals surface area (Å²) in [6, 6.07) is 7.84. The topological polar surface area (TPSA) is 27.7 Å². The molecule has 3 nitrogen and oxygen atoms in total. The molecule has 12 aliphatic rings. The van der Waals surface area contributed by atoms with Gasteiger partial charge in [-0.1, -0.05) is 46.9 Å². The third-order valence-corrected chi connectivity index (χ3v) is 21.3. The van der Waals surface area contributed by atoms with Gasteiger partial charge in [0, 0.05) is 12.8 Å². The summed E-state index contributed by atoms with van der Waals surface area (Å²) in [6.07, 6.45) is 22.5. The summed E-state index contributed by atoms with van der Waals surface area (Å²) in [7, 11) is 3.06. The van der Waals surface area contributed by atoms with Crippen LogP contribution in [0.5, 0.6) is 0 Å². The summed E-state index contributed by atoms with van der Waals surface area (Å²) in [5.41, 5.74) is 3.86. The Bertz CT molecular complexity index is 1360. The molecule has 0 spiro atoms. The molecule has 4 aliphatic heterocycles. The van der Waals surface area contributed by atoms with E-state index < -0.39 is 11.6 Å². The van der Waals surface area contributed by atoms with Gasteiger partial charge in [-0.2, -0.15) is 0 Å². The Balaban J connectivity index is 1.16. The van der Waals surface area contributed by atoms with Crippen LogP contribution in [-0.4, -0.2) is 39.3 Å². The van der Waals surface area contributed by atoms with Crippen LogP contribution in [0.2, 0.25) is 0 Å². The molecule has 5 unspecified atom stereocenters. The Morgan fingerprint density at radius 3 is 1.46 bits per heavy atom. The van der Waals surface area contributed by atoms with E-state index in [0.29, 0.717) is 10.3 Å². The van der Waals surface area contributed by atoms with E-state index in [1.807, 2.05) is 0 Å². The van der Waals surface area contributed by atoms with Gasteiger partial charge in [0.2, 0.25) is 0 Å². The van der Waals surface area contributed by atoms with Gasteiger partial charge < -0.3 is 14.2 Å². The van der Waals surface area contributed by atoms with Crippen molar-refractivity contribution in [2.75, 3.05) is 6.16 Å². The number of hydrogen-bond donors (Lipinski definition) is 0. The standard InChI is InChI=1S/C43H64O3P2/c1-36(2,3)34-8-9-35(43(26-47)37(4)24-39(6)45-38(43,5)25-40(7,44-37)46-39)33(16-34)23-48(41-17-27-10-28(18-41)12-29(11-27)19-41)42-20-30-13-31(21-42)15-32(14-30)22-42/h8-9,16,27-32H,10-15,17-26,47H2,1-7H3. The molecule has 12 fully saturated rings. The van der Waals surface area contributed by atoms with E-state index in [1.165, 1.54) is 11.7 Å². The lowest BCUT2D eigenvalue weighted by molar-refractivity contribution is -0.531. The Morgan fingerprint density at radius 2 is 1.08 bits per heavy atom. The first-order valence-corrected chi connectivity index (χ1v) is 22.6. The van der Waals surface area contributed by atoms with Crippen LogP contribution >= 0.6 is 17.2 Å². The third-order valence-electron chi connectivity index (χ3n) is 16.7. The molecule has 0 N–H and O–H groups in total. The van der Waals surface area contributed by atoms with E-state index in [9.17, 15) is 0 Å². The maximum Gasteiger partial charge on any atom is 0.172 e. The number of hydrogen-bond acceptors (Lipinski definition) is 3. The smallest absolute Gasteiger partial charge is 0.172 e. The molecule has 4 saturated heterocycles. The number of benzene rings is 1. The minimum absolute atomic E-state index is 0.116. The largest absolute Gasteiger partial charge is 0.343 e. The zero-order chi connectivity index (χ0) is 33.3. The van der Waals surface area contributed by atoms with Crippen LogP contribution in [0.4, 0.5) is 0 Å². The van der Waals surface area contributed by atoms with Crippen molar-refractivity contribution in [3.8, 4) is 0 Å². The van der Waals surface area contributed by atoms with Crippen LogP contribution in [0.25, 0.3) is 0 Å². The predicted octanol–water partition coefficient (Wildman–Crippen LogP) is 10.8. The summed E-state index contributed by atoms with van der Waals surface area (Å²) in [5.74, 6) is 4.88. The zero-order valence-corrected chi connectivity index (χ0v) is 33.3. The van der Waals surface area contributed by atoms with Gasteiger partial charge >= 0.3 is 0 Å². The van der Waals surface area contributed by atoms with Gasteiger partial charge in [0.05, 0.1) is 16.6 Å². The van der Waals surface area contributed by atoms with Gasteiger partial charge in [0.15, 0.2) is 11.6 Å². The normalized spacial score (nSPS) is 54.8. The first-order valence-electron chi connectivity index (χ1n) is 20.2. The SMILES string of the molecule is CC12CC3(C)OC(C)(CC(C)(O1)C3(CP)c1ccc(C(C)(C)C)cc1CP(C13CC4CC(CC(C4)C1)C3)C13CC4CC(CC(C4)C1)C3)O2. The van der Waals surface area contributed by atoms with Crippen molar-refractivity contribution in [1.29, 1.82) is 0 Å². The maximum absolute atomic E-state index is 7.24. The van der Waals surface area contributed by atoms with Crippen molar-refractivity contribution >= 4 is 17.2 Å². The first kappa shape index (κ1) is 32.6. The molecule has 4 heterocycles. The third kappa shape index (κ3) is 4.36. The number of rotatable bonds is 6. The summed E-state index contributed by atoms with van der Waals surface area (Å²) < 4.78 is 21.1. The average Bonchev–Trinajstić information content (AvgIpc) is 2.92. The van der Waals surface area contributed by atoms with Crippen LogP contribution in [0, 0.1) is 35.5 Å². The van der Waals surface area contributed by atoms with Crippen molar-refractivity contribution < 1.29 is 14.2 Å². The fourth-order valence-corrected chi connectivity index (χ4v) is 22.7. The monoisotopic (exact) mass is 690 g/mol. The Morgan fingerprint density at radius 1 is 0.667 bits per heavy atom. The molecule has 13 rings (SSSR count). The molecule has 0 aromatic heterocycles. The lowest BCUT2D eigenvalue weighted by Crippen LogP contribution is -2.84.